The Bertz CT molecular complexity index is 925. The molecule has 5 N–H and O–H groups in total. The normalized spacial score (nSPS) is 30.2. The van der Waals surface area contributed by atoms with Crippen LogP contribution in [0.4, 0.5) is 11.8 Å². The van der Waals surface area contributed by atoms with Crippen molar-refractivity contribution < 1.29 is 15.3 Å². The van der Waals surface area contributed by atoms with E-state index < -0.39 is 18.2 Å². The Morgan fingerprint density at radius 1 is 1.28 bits per heavy atom. The lowest BCUT2D eigenvalue weighted by Crippen LogP contribution is -2.36. The molecule has 1 aliphatic heterocycles. The quantitative estimate of drug-likeness (QED) is 0.439. The highest BCUT2D eigenvalue weighted by Gasteiger charge is 2.42. The molecule has 0 saturated heterocycles. The van der Waals surface area contributed by atoms with Crippen LogP contribution in [0.15, 0.2) is 34.6 Å². The molecule has 154 valence electrons. The van der Waals surface area contributed by atoms with Crippen LogP contribution >= 0.6 is 11.8 Å². The van der Waals surface area contributed by atoms with Gasteiger partial charge in [-0.1, -0.05) is 29.6 Å². The Labute approximate surface area is 173 Å². The summed E-state index contributed by atoms with van der Waals surface area (Å²) in [6.07, 6.45) is 4.36. The molecule has 9 heteroatoms. The molecule has 0 radical (unpaired) electrons. The third-order valence-electron chi connectivity index (χ3n) is 5.34. The summed E-state index contributed by atoms with van der Waals surface area (Å²) >= 11 is 1.61. The number of nitrogens with one attached hydrogen (secondary N) is 2. The molecular weight excluding hydrogens is 390 g/mol. The molecule has 0 spiro atoms. The number of nitrogens with zero attached hydrogens (tertiary/aromatic N) is 3. The van der Waals surface area contributed by atoms with Gasteiger partial charge >= 0.3 is 0 Å². The molecule has 1 fully saturated rings. The first-order chi connectivity index (χ1) is 14.0. The van der Waals surface area contributed by atoms with Crippen LogP contribution in [0.5, 0.6) is 0 Å². The Morgan fingerprint density at radius 3 is 2.79 bits per heavy atom. The highest BCUT2D eigenvalue weighted by atomic mass is 32.2. The van der Waals surface area contributed by atoms with Crippen LogP contribution in [-0.2, 0) is 0 Å². The van der Waals surface area contributed by atoms with Crippen molar-refractivity contribution in [1.29, 1.82) is 0 Å². The number of aliphatic imine (C=N–C) groups is 1. The standard InChI is InChI=1S/C20H25N5O3S/c1-3-21-20-22-10(2)15(19-24-12-6-4-5-7-14(12)29-19)18(25-20)23-13-8-11(9-26)16(27)17(13)28/h4-5,7,11,13-14,16-17,26-28H,3,8-9H2,1-2H3,(H2,21,22,23,25)/t11-,13-,14?,16-,17+/m1/s1. The minimum Gasteiger partial charge on any atom is -0.396 e. The zero-order chi connectivity index (χ0) is 20.5. The van der Waals surface area contributed by atoms with E-state index >= 15 is 0 Å². The number of allylic oxidation sites excluding steroid dienone is 1. The van der Waals surface area contributed by atoms with Crippen molar-refractivity contribution in [2.45, 2.75) is 43.8 Å². The fraction of sp³-hybridized carbons (Fsp3) is 0.500. The molecule has 2 heterocycles. The average molecular weight is 416 g/mol. The summed E-state index contributed by atoms with van der Waals surface area (Å²) in [7, 11) is 0. The minimum atomic E-state index is -0.993. The first-order valence-electron chi connectivity index (χ1n) is 9.77. The number of anilines is 2. The number of aromatic nitrogens is 2. The van der Waals surface area contributed by atoms with Crippen LogP contribution < -0.4 is 10.6 Å². The molecule has 1 saturated carbocycles. The van der Waals surface area contributed by atoms with Crippen molar-refractivity contribution in [1.82, 2.24) is 9.97 Å². The van der Waals surface area contributed by atoms with Gasteiger partial charge < -0.3 is 26.0 Å². The van der Waals surface area contributed by atoms with Crippen LogP contribution in [0.2, 0.25) is 0 Å². The maximum Gasteiger partial charge on any atom is 0.224 e. The van der Waals surface area contributed by atoms with E-state index in [-0.39, 0.29) is 17.8 Å². The van der Waals surface area contributed by atoms with Crippen LogP contribution in [0.3, 0.4) is 0 Å². The second kappa shape index (κ2) is 8.30. The lowest BCUT2D eigenvalue weighted by Gasteiger charge is -2.21. The van der Waals surface area contributed by atoms with E-state index in [0.717, 1.165) is 22.0 Å². The Kier molecular flexibility index (Phi) is 5.76. The van der Waals surface area contributed by atoms with Crippen molar-refractivity contribution >= 4 is 28.6 Å². The number of hydrogen-bond acceptors (Lipinski definition) is 9. The number of aliphatic hydroxyl groups is 3. The van der Waals surface area contributed by atoms with E-state index in [4.69, 9.17) is 4.99 Å². The van der Waals surface area contributed by atoms with Crippen molar-refractivity contribution in [2.75, 3.05) is 23.8 Å². The van der Waals surface area contributed by atoms with Crippen molar-refractivity contribution in [2.24, 2.45) is 10.9 Å². The third-order valence-corrected chi connectivity index (χ3v) is 6.49. The number of thioether (sulfide) groups is 1. The topological polar surface area (TPSA) is 123 Å². The molecule has 0 amide bonds. The first-order valence-corrected chi connectivity index (χ1v) is 10.6. The number of hydrogen-bond donors (Lipinski definition) is 5. The van der Waals surface area contributed by atoms with E-state index in [0.29, 0.717) is 24.7 Å². The highest BCUT2D eigenvalue weighted by Crippen LogP contribution is 2.38. The molecule has 1 aromatic rings. The van der Waals surface area contributed by atoms with Gasteiger partial charge in [-0.15, -0.1) is 0 Å². The molecule has 29 heavy (non-hydrogen) atoms. The van der Waals surface area contributed by atoms with Gasteiger partial charge in [0.15, 0.2) is 0 Å². The molecule has 2 aliphatic carbocycles. The highest BCUT2D eigenvalue weighted by molar-refractivity contribution is 8.15. The maximum atomic E-state index is 10.4. The largest absolute Gasteiger partial charge is 0.396 e. The van der Waals surface area contributed by atoms with Gasteiger partial charge in [0.05, 0.1) is 28.7 Å². The Hall–Kier alpha value is -2.16. The summed E-state index contributed by atoms with van der Waals surface area (Å²) in [6.45, 7) is 4.38. The van der Waals surface area contributed by atoms with E-state index in [1.54, 1.807) is 11.8 Å². The maximum absolute atomic E-state index is 10.4. The van der Waals surface area contributed by atoms with E-state index in [9.17, 15) is 15.3 Å². The van der Waals surface area contributed by atoms with Crippen LogP contribution in [0, 0.1) is 12.8 Å². The molecule has 0 aromatic carbocycles. The molecule has 1 unspecified atom stereocenters. The summed E-state index contributed by atoms with van der Waals surface area (Å²) < 4.78 is 0. The number of fused-ring (bicyclic) bond motifs is 1. The summed E-state index contributed by atoms with van der Waals surface area (Å²) in [4.78, 5) is 13.9. The fourth-order valence-electron chi connectivity index (χ4n) is 3.82. The van der Waals surface area contributed by atoms with Crippen LogP contribution in [0.25, 0.3) is 0 Å². The molecule has 0 bridgehead atoms. The van der Waals surface area contributed by atoms with Crippen molar-refractivity contribution in [3.05, 3.63) is 40.9 Å². The predicted octanol–water partition coefficient (Wildman–Crippen LogP) is 1.20. The van der Waals surface area contributed by atoms with Crippen molar-refractivity contribution in [3.8, 4) is 0 Å². The summed E-state index contributed by atoms with van der Waals surface area (Å²) in [5.41, 5.74) is 5.59. The molecular formula is C20H25N5O3S. The summed E-state index contributed by atoms with van der Waals surface area (Å²) in [5.74, 6) is 0.674. The SMILES string of the molecule is CCNc1nc(C)c(C2=NC3=C=CC=CC3S2)c(N[C@@H]2C[C@H](CO)[C@@H](O)[C@H]2O)n1. The van der Waals surface area contributed by atoms with E-state index in [2.05, 4.69) is 32.4 Å². The van der Waals surface area contributed by atoms with Crippen LogP contribution in [0.1, 0.15) is 24.6 Å². The van der Waals surface area contributed by atoms with Gasteiger partial charge in [0, 0.05) is 19.1 Å². The number of aryl methyl sites for hydroxylation is 1. The zero-order valence-corrected chi connectivity index (χ0v) is 17.1. The third kappa shape index (κ3) is 3.84. The number of rotatable bonds is 6. The smallest absolute Gasteiger partial charge is 0.224 e. The van der Waals surface area contributed by atoms with Gasteiger partial charge in [0.2, 0.25) is 5.95 Å². The van der Waals surface area contributed by atoms with Gasteiger partial charge in [-0.2, -0.15) is 4.98 Å². The average Bonchev–Trinajstić information content (AvgIpc) is 3.24. The summed E-state index contributed by atoms with van der Waals surface area (Å²) in [6, 6.07) is -0.432. The lowest BCUT2D eigenvalue weighted by atomic mass is 10.1. The van der Waals surface area contributed by atoms with E-state index in [1.807, 2.05) is 26.0 Å². The first kappa shape index (κ1) is 20.1. The predicted molar refractivity (Wildman–Crippen MR) is 114 cm³/mol. The van der Waals surface area contributed by atoms with Gasteiger partial charge in [-0.05, 0) is 26.3 Å². The van der Waals surface area contributed by atoms with E-state index in [1.165, 1.54) is 0 Å². The fourth-order valence-corrected chi connectivity index (χ4v) is 4.98. The minimum absolute atomic E-state index is 0.119. The Balaban J connectivity index is 1.70. The molecule has 1 aromatic heterocycles. The molecule has 3 aliphatic rings. The monoisotopic (exact) mass is 415 g/mol. The zero-order valence-electron chi connectivity index (χ0n) is 16.3. The number of aliphatic hydroxyl groups excluding tert-OH is 3. The lowest BCUT2D eigenvalue weighted by molar-refractivity contribution is 0.00445. The molecule has 5 atom stereocenters. The molecule has 4 rings (SSSR count). The second-order valence-corrected chi connectivity index (χ2v) is 8.46. The molecule has 8 nitrogen and oxygen atoms in total. The van der Waals surface area contributed by atoms with Gasteiger partial charge in [-0.3, -0.25) is 0 Å². The van der Waals surface area contributed by atoms with Gasteiger partial charge in [0.1, 0.15) is 22.7 Å². The van der Waals surface area contributed by atoms with Gasteiger partial charge in [-0.25, -0.2) is 9.98 Å². The van der Waals surface area contributed by atoms with Gasteiger partial charge in [0.25, 0.3) is 0 Å². The van der Waals surface area contributed by atoms with Crippen LogP contribution in [-0.4, -0.2) is 67.0 Å². The Morgan fingerprint density at radius 2 is 2.10 bits per heavy atom. The second-order valence-electron chi connectivity index (χ2n) is 7.33. The van der Waals surface area contributed by atoms with Crippen molar-refractivity contribution in [3.63, 3.8) is 0 Å². The summed E-state index contributed by atoms with van der Waals surface area (Å²) in [5, 5.41) is 37.4.